The van der Waals surface area contributed by atoms with Gasteiger partial charge in [-0.3, -0.25) is 14.9 Å². The minimum absolute atomic E-state index is 0.00294. The first kappa shape index (κ1) is 21.3. The number of carbonyl (C=O) groups excluding carboxylic acids is 2. The van der Waals surface area contributed by atoms with E-state index in [2.05, 4.69) is 5.32 Å². The molecule has 2 aromatic carbocycles. The van der Waals surface area contributed by atoms with Crippen molar-refractivity contribution in [2.45, 2.75) is 26.1 Å². The molecule has 1 fully saturated rings. The van der Waals surface area contributed by atoms with E-state index >= 15 is 0 Å². The van der Waals surface area contributed by atoms with Crippen LogP contribution < -0.4 is 5.32 Å². The van der Waals surface area contributed by atoms with Gasteiger partial charge in [0.25, 0.3) is 11.6 Å². The number of anilines is 2. The second-order valence-electron chi connectivity index (χ2n) is 7.11. The second kappa shape index (κ2) is 9.36. The topological polar surface area (TPSA) is 111 Å². The summed E-state index contributed by atoms with van der Waals surface area (Å²) in [4.78, 5) is 37.1. The molecule has 3 rings (SSSR count). The molecule has 158 valence electrons. The number of nitro groups is 1. The van der Waals surface area contributed by atoms with Crippen LogP contribution in [0, 0.1) is 10.1 Å². The van der Waals surface area contributed by atoms with Crippen LogP contribution in [-0.4, -0.2) is 53.6 Å². The van der Waals surface area contributed by atoms with Crippen molar-refractivity contribution in [1.82, 2.24) is 4.90 Å². The van der Waals surface area contributed by atoms with Crippen molar-refractivity contribution in [2.24, 2.45) is 0 Å². The average Bonchev–Trinajstić information content (AvgIpc) is 2.72. The predicted octanol–water partition coefficient (Wildman–Crippen LogP) is 3.13. The number of hydrogen-bond acceptors (Lipinski definition) is 7. The van der Waals surface area contributed by atoms with Gasteiger partial charge in [-0.15, -0.1) is 0 Å². The lowest BCUT2D eigenvalue weighted by Crippen LogP contribution is -2.49. The number of para-hydroxylation sites is 1. The molecule has 2 atom stereocenters. The molecule has 0 aromatic heterocycles. The van der Waals surface area contributed by atoms with E-state index in [0.717, 1.165) is 6.07 Å². The Morgan fingerprint density at radius 2 is 1.83 bits per heavy atom. The normalized spacial score (nSPS) is 18.5. The van der Waals surface area contributed by atoms with Gasteiger partial charge < -0.3 is 19.7 Å². The summed E-state index contributed by atoms with van der Waals surface area (Å²) in [6.07, 6.45) is -0.193. The highest BCUT2D eigenvalue weighted by Gasteiger charge is 2.27. The van der Waals surface area contributed by atoms with Gasteiger partial charge in [-0.2, -0.15) is 0 Å². The van der Waals surface area contributed by atoms with Gasteiger partial charge in [-0.25, -0.2) is 4.79 Å². The summed E-state index contributed by atoms with van der Waals surface area (Å²) in [5.41, 5.74) is 0.651. The maximum atomic E-state index is 12.3. The molecule has 0 bridgehead atoms. The molecule has 0 spiro atoms. The molecule has 30 heavy (non-hydrogen) atoms. The number of nitro benzene ring substituents is 1. The first-order valence-electron chi connectivity index (χ1n) is 9.54. The molecule has 1 aliphatic rings. The number of esters is 1. The second-order valence-corrected chi connectivity index (χ2v) is 7.11. The Balaban J connectivity index is 1.66. The molecule has 9 nitrogen and oxygen atoms in total. The van der Waals surface area contributed by atoms with Crippen LogP contribution in [0.15, 0.2) is 48.5 Å². The maximum Gasteiger partial charge on any atom is 0.338 e. The molecule has 1 heterocycles. The van der Waals surface area contributed by atoms with Crippen molar-refractivity contribution < 1.29 is 24.0 Å². The maximum absolute atomic E-state index is 12.3. The van der Waals surface area contributed by atoms with E-state index in [1.54, 1.807) is 29.2 Å². The summed E-state index contributed by atoms with van der Waals surface area (Å²) in [5, 5.41) is 14.4. The van der Waals surface area contributed by atoms with Crippen molar-refractivity contribution in [3.8, 4) is 0 Å². The molecule has 1 saturated heterocycles. The van der Waals surface area contributed by atoms with Crippen LogP contribution in [0.25, 0.3) is 0 Å². The van der Waals surface area contributed by atoms with E-state index in [4.69, 9.17) is 9.47 Å². The number of benzene rings is 2. The molecule has 0 unspecified atom stereocenters. The van der Waals surface area contributed by atoms with Crippen LogP contribution in [0.4, 0.5) is 17.1 Å². The quantitative estimate of drug-likeness (QED) is 0.440. The van der Waals surface area contributed by atoms with Gasteiger partial charge in [-0.05, 0) is 38.1 Å². The van der Waals surface area contributed by atoms with Crippen LogP contribution in [0.5, 0.6) is 0 Å². The van der Waals surface area contributed by atoms with Crippen LogP contribution >= 0.6 is 0 Å². The van der Waals surface area contributed by atoms with Gasteiger partial charge in [0.15, 0.2) is 6.61 Å². The standard InChI is InChI=1S/C21H23N3O6/c1-14-11-23(12-15(2)30-14)20(25)13-29-21(26)16-8-9-18(19(10-16)24(27)28)22-17-6-4-3-5-7-17/h3-10,14-15,22H,11-13H2,1-2H3/t14-,15-/m0/s1. The van der Waals surface area contributed by atoms with Gasteiger partial charge >= 0.3 is 5.97 Å². The Hall–Kier alpha value is -3.46. The first-order valence-corrected chi connectivity index (χ1v) is 9.54. The van der Waals surface area contributed by atoms with Gasteiger partial charge in [0, 0.05) is 24.8 Å². The zero-order valence-electron chi connectivity index (χ0n) is 16.7. The molecule has 1 N–H and O–H groups in total. The lowest BCUT2D eigenvalue weighted by Gasteiger charge is -2.35. The number of hydrogen-bond donors (Lipinski definition) is 1. The van der Waals surface area contributed by atoms with Crippen LogP contribution in [0.2, 0.25) is 0 Å². The van der Waals surface area contributed by atoms with Crippen LogP contribution in [0.3, 0.4) is 0 Å². The summed E-state index contributed by atoms with van der Waals surface area (Å²) in [6.45, 7) is 4.15. The highest BCUT2D eigenvalue weighted by atomic mass is 16.6. The summed E-state index contributed by atoms with van der Waals surface area (Å²) < 4.78 is 10.7. The molecule has 1 amide bonds. The van der Waals surface area contributed by atoms with Crippen molar-refractivity contribution in [3.05, 3.63) is 64.2 Å². The van der Waals surface area contributed by atoms with E-state index in [0.29, 0.717) is 18.8 Å². The average molecular weight is 413 g/mol. The van der Waals surface area contributed by atoms with E-state index in [9.17, 15) is 19.7 Å². The Kier molecular flexibility index (Phi) is 6.63. The number of amides is 1. The molecule has 9 heteroatoms. The number of carbonyl (C=O) groups is 2. The lowest BCUT2D eigenvalue weighted by atomic mass is 10.1. The van der Waals surface area contributed by atoms with Crippen LogP contribution in [-0.2, 0) is 14.3 Å². The first-order chi connectivity index (χ1) is 14.3. The highest BCUT2D eigenvalue weighted by Crippen LogP contribution is 2.29. The molecular formula is C21H23N3O6. The summed E-state index contributed by atoms with van der Waals surface area (Å²) in [7, 11) is 0. The van der Waals surface area contributed by atoms with Gasteiger partial charge in [0.2, 0.25) is 0 Å². The third-order valence-corrected chi connectivity index (χ3v) is 4.58. The van der Waals surface area contributed by atoms with Crippen LogP contribution in [0.1, 0.15) is 24.2 Å². The summed E-state index contributed by atoms with van der Waals surface area (Å²) in [6, 6.07) is 13.0. The predicted molar refractivity (Wildman–Crippen MR) is 110 cm³/mol. The van der Waals surface area contributed by atoms with E-state index in [1.165, 1.54) is 12.1 Å². The van der Waals surface area contributed by atoms with Crippen molar-refractivity contribution in [3.63, 3.8) is 0 Å². The number of morpholine rings is 1. The summed E-state index contributed by atoms with van der Waals surface area (Å²) >= 11 is 0. The molecule has 0 aliphatic carbocycles. The lowest BCUT2D eigenvalue weighted by molar-refractivity contribution is -0.383. The number of nitrogens with zero attached hydrogens (tertiary/aromatic N) is 2. The Morgan fingerprint density at radius 3 is 2.47 bits per heavy atom. The molecule has 2 aromatic rings. The Morgan fingerprint density at radius 1 is 1.17 bits per heavy atom. The summed E-state index contributed by atoms with van der Waals surface area (Å²) in [5.74, 6) is -1.13. The van der Waals surface area contributed by atoms with Crippen molar-refractivity contribution >= 4 is 28.9 Å². The molecule has 0 radical (unpaired) electrons. The number of nitrogens with one attached hydrogen (secondary N) is 1. The van der Waals surface area contributed by atoms with Gasteiger partial charge in [0.1, 0.15) is 5.69 Å². The van der Waals surface area contributed by atoms with E-state index < -0.39 is 17.5 Å². The zero-order valence-corrected chi connectivity index (χ0v) is 16.7. The van der Waals surface area contributed by atoms with Crippen molar-refractivity contribution in [2.75, 3.05) is 25.0 Å². The van der Waals surface area contributed by atoms with Gasteiger partial charge in [-0.1, -0.05) is 18.2 Å². The van der Waals surface area contributed by atoms with E-state index in [1.807, 2.05) is 19.9 Å². The third-order valence-electron chi connectivity index (χ3n) is 4.58. The SMILES string of the molecule is C[C@H]1CN(C(=O)COC(=O)c2ccc(Nc3ccccc3)c([N+](=O)[O-])c2)C[C@H](C)O1. The van der Waals surface area contributed by atoms with Gasteiger partial charge in [0.05, 0.1) is 22.7 Å². The highest BCUT2D eigenvalue weighted by molar-refractivity contribution is 5.93. The monoisotopic (exact) mass is 413 g/mol. The largest absolute Gasteiger partial charge is 0.452 e. The molecule has 0 saturated carbocycles. The van der Waals surface area contributed by atoms with Crippen molar-refractivity contribution in [1.29, 1.82) is 0 Å². The minimum Gasteiger partial charge on any atom is -0.452 e. The fraction of sp³-hybridized carbons (Fsp3) is 0.333. The van der Waals surface area contributed by atoms with E-state index in [-0.39, 0.29) is 35.1 Å². The molecular weight excluding hydrogens is 390 g/mol. The fourth-order valence-corrected chi connectivity index (χ4v) is 3.28. The fourth-order valence-electron chi connectivity index (χ4n) is 3.28. The minimum atomic E-state index is -0.799. The third kappa shape index (κ3) is 5.32. The molecule has 1 aliphatic heterocycles. The Labute approximate surface area is 173 Å². The smallest absolute Gasteiger partial charge is 0.338 e. The number of ether oxygens (including phenoxy) is 2. The number of rotatable bonds is 6. The Bertz CT molecular complexity index is 924. The zero-order chi connectivity index (χ0) is 21.7.